The molecule has 0 radical (unpaired) electrons. The van der Waals surface area contributed by atoms with Gasteiger partial charge in [0, 0.05) is 13.2 Å². The highest BCUT2D eigenvalue weighted by Gasteiger charge is 1.97. The average Bonchev–Trinajstić information content (AvgIpc) is 2.28. The van der Waals surface area contributed by atoms with Crippen LogP contribution in [0.4, 0.5) is 0 Å². The van der Waals surface area contributed by atoms with Crippen molar-refractivity contribution >= 4 is 0 Å². The second kappa shape index (κ2) is 16.4. The summed E-state index contributed by atoms with van der Waals surface area (Å²) in [6, 6.07) is 0. The Morgan fingerprint density at radius 1 is 0.800 bits per heavy atom. The molecule has 15 heavy (non-hydrogen) atoms. The van der Waals surface area contributed by atoms with Crippen molar-refractivity contribution in [2.45, 2.75) is 65.7 Å². The van der Waals surface area contributed by atoms with Crippen LogP contribution in [-0.4, -0.2) is 23.4 Å². The van der Waals surface area contributed by atoms with Crippen LogP contribution in [0, 0.1) is 5.92 Å². The largest absolute Gasteiger partial charge is 0.396 e. The molecule has 0 rings (SSSR count). The van der Waals surface area contributed by atoms with Crippen molar-refractivity contribution in [1.82, 2.24) is 0 Å². The molecule has 2 N–H and O–H groups in total. The van der Waals surface area contributed by atoms with E-state index in [-0.39, 0.29) is 0 Å². The molecule has 0 aliphatic heterocycles. The summed E-state index contributed by atoms with van der Waals surface area (Å²) in [5, 5.41) is 16.9. The summed E-state index contributed by atoms with van der Waals surface area (Å²) in [5.41, 5.74) is 0. The summed E-state index contributed by atoms with van der Waals surface area (Å²) < 4.78 is 0. The number of unbranched alkanes of at least 4 members (excludes halogenated alkanes) is 4. The van der Waals surface area contributed by atoms with Gasteiger partial charge in [0.25, 0.3) is 0 Å². The van der Waals surface area contributed by atoms with E-state index in [1.54, 1.807) is 0 Å². The van der Waals surface area contributed by atoms with E-state index in [4.69, 9.17) is 10.2 Å². The first kappa shape index (κ1) is 17.3. The van der Waals surface area contributed by atoms with Crippen molar-refractivity contribution in [1.29, 1.82) is 0 Å². The first-order valence-corrected chi connectivity index (χ1v) is 6.48. The van der Waals surface area contributed by atoms with Crippen molar-refractivity contribution in [2.24, 2.45) is 5.92 Å². The zero-order chi connectivity index (χ0) is 11.9. The van der Waals surface area contributed by atoms with Crippen LogP contribution in [0.15, 0.2) is 0 Å². The first-order chi connectivity index (χ1) is 7.26. The van der Waals surface area contributed by atoms with E-state index in [1.807, 2.05) is 0 Å². The van der Waals surface area contributed by atoms with Gasteiger partial charge in [0.15, 0.2) is 0 Å². The van der Waals surface area contributed by atoms with Gasteiger partial charge >= 0.3 is 0 Å². The van der Waals surface area contributed by atoms with Crippen LogP contribution in [-0.2, 0) is 0 Å². The fourth-order valence-electron chi connectivity index (χ4n) is 1.26. The van der Waals surface area contributed by atoms with Crippen molar-refractivity contribution < 1.29 is 10.2 Å². The molecule has 0 amide bonds. The Morgan fingerprint density at radius 2 is 1.33 bits per heavy atom. The lowest BCUT2D eigenvalue weighted by Crippen LogP contribution is -2.01. The van der Waals surface area contributed by atoms with Crippen molar-refractivity contribution in [3.05, 3.63) is 0 Å². The lowest BCUT2D eigenvalue weighted by molar-refractivity contribution is 0.219. The number of hydrogen-bond donors (Lipinski definition) is 2. The molecule has 0 fully saturated rings. The van der Waals surface area contributed by atoms with Gasteiger partial charge in [0.2, 0.25) is 0 Å². The van der Waals surface area contributed by atoms with Crippen LogP contribution in [0.5, 0.6) is 0 Å². The average molecular weight is 218 g/mol. The summed E-state index contributed by atoms with van der Waals surface area (Å²) in [7, 11) is 0. The fraction of sp³-hybridized carbons (Fsp3) is 1.00. The molecule has 2 heteroatoms. The summed E-state index contributed by atoms with van der Waals surface area (Å²) in [5.74, 6) is 0.542. The number of aliphatic hydroxyl groups excluding tert-OH is 2. The van der Waals surface area contributed by atoms with Crippen molar-refractivity contribution in [3.8, 4) is 0 Å². The van der Waals surface area contributed by atoms with Gasteiger partial charge in [-0.3, -0.25) is 0 Å². The highest BCUT2D eigenvalue weighted by atomic mass is 16.3. The predicted octanol–water partition coefficient (Wildman–Crippen LogP) is 3.36. The Hall–Kier alpha value is -0.0800. The van der Waals surface area contributed by atoms with E-state index in [0.29, 0.717) is 19.1 Å². The van der Waals surface area contributed by atoms with Crippen LogP contribution in [0.1, 0.15) is 65.7 Å². The maximum absolute atomic E-state index is 8.53. The zero-order valence-corrected chi connectivity index (χ0v) is 10.8. The smallest absolute Gasteiger partial charge is 0.0459 e. The van der Waals surface area contributed by atoms with E-state index in [0.717, 1.165) is 19.3 Å². The van der Waals surface area contributed by atoms with Crippen molar-refractivity contribution in [2.75, 3.05) is 13.2 Å². The van der Waals surface area contributed by atoms with Gasteiger partial charge in [-0.25, -0.2) is 0 Å². The highest BCUT2D eigenvalue weighted by Crippen LogP contribution is 2.03. The van der Waals surface area contributed by atoms with Crippen LogP contribution in [0.2, 0.25) is 0 Å². The van der Waals surface area contributed by atoms with E-state index < -0.39 is 0 Å². The van der Waals surface area contributed by atoms with Gasteiger partial charge in [-0.15, -0.1) is 0 Å². The first-order valence-electron chi connectivity index (χ1n) is 6.48. The molecule has 0 aromatic heterocycles. The minimum atomic E-state index is 0.354. The molecule has 0 spiro atoms. The SMILES string of the molecule is CCC(CC)CO.CCCCCCCO. The van der Waals surface area contributed by atoms with Gasteiger partial charge in [0.05, 0.1) is 0 Å². The molecule has 0 bridgehead atoms. The minimum Gasteiger partial charge on any atom is -0.396 e. The third kappa shape index (κ3) is 16.6. The minimum absolute atomic E-state index is 0.354. The van der Waals surface area contributed by atoms with Crippen LogP contribution < -0.4 is 0 Å². The Balaban J connectivity index is 0. The maximum Gasteiger partial charge on any atom is 0.0459 e. The number of hydrogen-bond acceptors (Lipinski definition) is 2. The maximum atomic E-state index is 8.53. The highest BCUT2D eigenvalue weighted by molar-refractivity contribution is 4.48. The summed E-state index contributed by atoms with van der Waals surface area (Å²) >= 11 is 0. The lowest BCUT2D eigenvalue weighted by atomic mass is 10.1. The van der Waals surface area contributed by atoms with Crippen molar-refractivity contribution in [3.63, 3.8) is 0 Å². The van der Waals surface area contributed by atoms with Gasteiger partial charge in [-0.2, -0.15) is 0 Å². The Bertz CT molecular complexity index is 79.0. The predicted molar refractivity (Wildman–Crippen MR) is 67.0 cm³/mol. The van der Waals surface area contributed by atoms with Gasteiger partial charge in [-0.05, 0) is 12.3 Å². The van der Waals surface area contributed by atoms with E-state index >= 15 is 0 Å². The Morgan fingerprint density at radius 3 is 1.60 bits per heavy atom. The van der Waals surface area contributed by atoms with Crippen LogP contribution >= 0.6 is 0 Å². The quantitative estimate of drug-likeness (QED) is 0.613. The summed E-state index contributed by atoms with van der Waals surface area (Å²) in [6.45, 7) is 7.12. The van der Waals surface area contributed by atoms with Crippen LogP contribution in [0.3, 0.4) is 0 Å². The molecule has 0 saturated heterocycles. The zero-order valence-electron chi connectivity index (χ0n) is 10.8. The normalized spacial score (nSPS) is 10.0. The van der Waals surface area contributed by atoms with Gasteiger partial charge in [-0.1, -0.05) is 59.3 Å². The fourth-order valence-corrected chi connectivity index (χ4v) is 1.26. The van der Waals surface area contributed by atoms with E-state index in [9.17, 15) is 0 Å². The second-order valence-corrected chi connectivity index (χ2v) is 4.00. The summed E-state index contributed by atoms with van der Waals surface area (Å²) in [4.78, 5) is 0. The molecule has 0 unspecified atom stereocenters. The molecule has 0 aliphatic rings. The Kier molecular flexibility index (Phi) is 18.9. The number of aliphatic hydroxyl groups is 2. The molecule has 94 valence electrons. The molecule has 0 aromatic carbocycles. The molecule has 0 aliphatic carbocycles. The number of rotatable bonds is 8. The lowest BCUT2D eigenvalue weighted by Gasteiger charge is -2.04. The van der Waals surface area contributed by atoms with E-state index in [1.165, 1.54) is 25.7 Å². The third-order valence-corrected chi connectivity index (χ3v) is 2.67. The molecule has 2 nitrogen and oxygen atoms in total. The molecular weight excluding hydrogens is 188 g/mol. The standard InChI is InChI=1S/C7H16O.C6H14O/c1-2-3-4-5-6-7-8;1-3-6(4-2)5-7/h8H,2-7H2,1H3;6-7H,3-5H2,1-2H3. The topological polar surface area (TPSA) is 40.5 Å². The van der Waals surface area contributed by atoms with E-state index in [2.05, 4.69) is 20.8 Å². The third-order valence-electron chi connectivity index (χ3n) is 2.67. The van der Waals surface area contributed by atoms with Gasteiger partial charge < -0.3 is 10.2 Å². The van der Waals surface area contributed by atoms with Gasteiger partial charge in [0.1, 0.15) is 0 Å². The molecule has 0 saturated carbocycles. The molecular formula is C13H30O2. The molecule has 0 aromatic rings. The van der Waals surface area contributed by atoms with Crippen LogP contribution in [0.25, 0.3) is 0 Å². The summed E-state index contributed by atoms with van der Waals surface area (Å²) in [6.07, 6.45) is 8.28. The molecule has 0 atom stereocenters. The monoisotopic (exact) mass is 218 g/mol. The Labute approximate surface area is 95.7 Å². The second-order valence-electron chi connectivity index (χ2n) is 4.00. The molecule has 0 heterocycles.